The Bertz CT molecular complexity index is 448. The van der Waals surface area contributed by atoms with Crippen molar-refractivity contribution in [2.24, 2.45) is 0 Å². The second-order valence-corrected chi connectivity index (χ2v) is 22.3. The first-order valence-corrected chi connectivity index (χ1v) is 17.4. The van der Waals surface area contributed by atoms with Crippen LogP contribution in [0.25, 0.3) is 0 Å². The molecular weight excluding hydrogens is 321 g/mol. The van der Waals surface area contributed by atoms with E-state index in [1.165, 1.54) is 12.8 Å². The SMILES string of the molecule is C[Si](C)(C)C1=[C]([GeH2][C]2=C([Si](C)(C)C)C=CC2)CC=C1. The van der Waals surface area contributed by atoms with E-state index >= 15 is 0 Å². The van der Waals surface area contributed by atoms with Crippen LogP contribution in [0, 0.1) is 0 Å². The summed E-state index contributed by atoms with van der Waals surface area (Å²) in [4.78, 5) is 0. The summed E-state index contributed by atoms with van der Waals surface area (Å²) in [5.41, 5.74) is 0. The fourth-order valence-electron chi connectivity index (χ4n) is 3.25. The molecule has 2 aliphatic rings. The van der Waals surface area contributed by atoms with Gasteiger partial charge in [0.15, 0.2) is 0 Å². The fourth-order valence-corrected chi connectivity index (χ4v) is 18.1. The second kappa shape index (κ2) is 5.38. The summed E-state index contributed by atoms with van der Waals surface area (Å²) in [6, 6.07) is 0. The first-order chi connectivity index (χ1) is 8.69. The monoisotopic (exact) mass is 350 g/mol. The fraction of sp³-hybridized carbons (Fsp3) is 0.500. The van der Waals surface area contributed by atoms with E-state index in [0.717, 1.165) is 0 Å². The molecule has 0 heterocycles. The van der Waals surface area contributed by atoms with Crippen molar-refractivity contribution in [3.8, 4) is 0 Å². The molecule has 2 rings (SSSR count). The molecule has 0 aromatic heterocycles. The van der Waals surface area contributed by atoms with Crippen LogP contribution in [0.2, 0.25) is 39.3 Å². The Hall–Kier alpha value is -0.0634. The Labute approximate surface area is 127 Å². The summed E-state index contributed by atoms with van der Waals surface area (Å²) in [5, 5.41) is 3.59. The van der Waals surface area contributed by atoms with Crippen LogP contribution >= 0.6 is 0 Å². The Morgan fingerprint density at radius 1 is 0.737 bits per heavy atom. The molecule has 0 atom stereocenters. The van der Waals surface area contributed by atoms with Crippen LogP contribution in [-0.2, 0) is 0 Å². The molecule has 0 fully saturated rings. The maximum absolute atomic E-state index is 2.50. The minimum atomic E-state index is -1.12. The van der Waals surface area contributed by atoms with Gasteiger partial charge in [-0.2, -0.15) is 0 Å². The molecule has 0 aliphatic heterocycles. The predicted molar refractivity (Wildman–Crippen MR) is 96.8 cm³/mol. The Morgan fingerprint density at radius 3 is 1.42 bits per heavy atom. The van der Waals surface area contributed by atoms with Crippen molar-refractivity contribution in [2.45, 2.75) is 52.1 Å². The summed E-state index contributed by atoms with van der Waals surface area (Å²) in [6.45, 7) is 15.0. The molecule has 104 valence electrons. The standard InChI is InChI=1S/C16H28GeSi2/c1-18(2,3)15-11-7-9-13(15)17-14-10-8-12-16(14)19(4,5)6/h7-8,11-12H,9-10,17H2,1-6H3. The Kier molecular flexibility index (Phi) is 4.34. The molecule has 0 radical (unpaired) electrons. The molecule has 0 amide bonds. The summed E-state index contributed by atoms with van der Waals surface area (Å²) >= 11 is -0.684. The van der Waals surface area contributed by atoms with Crippen molar-refractivity contribution in [1.29, 1.82) is 0 Å². The van der Waals surface area contributed by atoms with Crippen molar-refractivity contribution in [3.05, 3.63) is 43.5 Å². The molecule has 0 spiro atoms. The van der Waals surface area contributed by atoms with Crippen LogP contribution < -0.4 is 0 Å². The molecule has 0 aromatic carbocycles. The molecular formula is C16H28GeSi2. The molecule has 19 heavy (non-hydrogen) atoms. The topological polar surface area (TPSA) is 0 Å². The van der Waals surface area contributed by atoms with Crippen LogP contribution in [-0.4, -0.2) is 31.6 Å². The summed E-state index contributed by atoms with van der Waals surface area (Å²) in [7, 11) is -2.24. The molecule has 2 aliphatic carbocycles. The van der Waals surface area contributed by atoms with E-state index in [1.807, 2.05) is 8.81 Å². The zero-order valence-corrected chi connectivity index (χ0v) is 18.4. The van der Waals surface area contributed by atoms with Gasteiger partial charge in [0.25, 0.3) is 0 Å². The van der Waals surface area contributed by atoms with Gasteiger partial charge in [0.2, 0.25) is 0 Å². The number of hydrogen-bond donors (Lipinski definition) is 0. The Balaban J connectivity index is 2.28. The van der Waals surface area contributed by atoms with Crippen LogP contribution in [0.1, 0.15) is 12.8 Å². The average Bonchev–Trinajstić information content (AvgIpc) is 2.83. The molecule has 0 N–H and O–H groups in total. The summed E-state index contributed by atoms with van der Waals surface area (Å²) < 4.78 is 3.81. The van der Waals surface area contributed by atoms with Gasteiger partial charge in [-0.25, -0.2) is 0 Å². The van der Waals surface area contributed by atoms with Gasteiger partial charge in [-0.15, -0.1) is 0 Å². The third-order valence-corrected chi connectivity index (χ3v) is 14.5. The predicted octanol–water partition coefficient (Wildman–Crippen LogP) is 4.34. The van der Waals surface area contributed by atoms with Crippen molar-refractivity contribution in [3.63, 3.8) is 0 Å². The van der Waals surface area contributed by atoms with E-state index < -0.39 is 31.6 Å². The first kappa shape index (κ1) is 15.3. The van der Waals surface area contributed by atoms with Crippen molar-refractivity contribution in [2.75, 3.05) is 0 Å². The van der Waals surface area contributed by atoms with Crippen molar-refractivity contribution >= 4 is 31.6 Å². The van der Waals surface area contributed by atoms with E-state index in [9.17, 15) is 0 Å². The molecule has 0 saturated carbocycles. The van der Waals surface area contributed by atoms with E-state index in [4.69, 9.17) is 0 Å². The van der Waals surface area contributed by atoms with Gasteiger partial charge in [0.1, 0.15) is 0 Å². The third kappa shape index (κ3) is 3.53. The Morgan fingerprint density at radius 2 is 1.11 bits per heavy atom. The summed E-state index contributed by atoms with van der Waals surface area (Å²) in [6.07, 6.45) is 12.3. The van der Waals surface area contributed by atoms with E-state index in [2.05, 4.69) is 63.6 Å². The molecule has 0 saturated heterocycles. The van der Waals surface area contributed by atoms with Gasteiger partial charge in [-0.05, 0) is 0 Å². The minimum absolute atomic E-state index is 0.684. The van der Waals surface area contributed by atoms with Crippen molar-refractivity contribution < 1.29 is 0 Å². The zero-order chi connectivity index (χ0) is 14.3. The van der Waals surface area contributed by atoms with Gasteiger partial charge in [-0.3, -0.25) is 0 Å². The van der Waals surface area contributed by atoms with Crippen LogP contribution in [0.15, 0.2) is 43.5 Å². The molecule has 0 nitrogen and oxygen atoms in total. The normalized spacial score (nSPS) is 20.1. The first-order valence-electron chi connectivity index (χ1n) is 7.47. The number of hydrogen-bond acceptors (Lipinski definition) is 0. The third-order valence-electron chi connectivity index (χ3n) is 4.10. The van der Waals surface area contributed by atoms with E-state index in [-0.39, 0.29) is 0 Å². The molecule has 0 aromatic rings. The second-order valence-electron chi connectivity index (χ2n) is 7.92. The number of allylic oxidation sites excluding steroid dienone is 8. The van der Waals surface area contributed by atoms with E-state index in [0.29, 0.717) is 0 Å². The van der Waals surface area contributed by atoms with Crippen molar-refractivity contribution in [1.82, 2.24) is 0 Å². The van der Waals surface area contributed by atoms with Gasteiger partial charge >= 0.3 is 127 Å². The van der Waals surface area contributed by atoms with Gasteiger partial charge in [-0.1, -0.05) is 0 Å². The molecule has 0 unspecified atom stereocenters. The van der Waals surface area contributed by atoms with Crippen LogP contribution in [0.5, 0.6) is 0 Å². The van der Waals surface area contributed by atoms with E-state index in [1.54, 1.807) is 10.4 Å². The zero-order valence-electron chi connectivity index (χ0n) is 13.4. The number of rotatable bonds is 4. The van der Waals surface area contributed by atoms with Gasteiger partial charge in [0, 0.05) is 0 Å². The van der Waals surface area contributed by atoms with Gasteiger partial charge in [0.05, 0.1) is 0 Å². The van der Waals surface area contributed by atoms with Gasteiger partial charge < -0.3 is 0 Å². The quantitative estimate of drug-likeness (QED) is 0.663. The average molecular weight is 349 g/mol. The summed E-state index contributed by atoms with van der Waals surface area (Å²) in [5.74, 6) is 0. The molecule has 3 heteroatoms. The van der Waals surface area contributed by atoms with Crippen LogP contribution in [0.4, 0.5) is 0 Å². The van der Waals surface area contributed by atoms with Crippen LogP contribution in [0.3, 0.4) is 0 Å². The molecule has 0 bridgehead atoms. The maximum atomic E-state index is 2.50.